The Morgan fingerprint density at radius 1 is 1.00 bits per heavy atom. The number of sulfonamides is 1. The molecule has 7 nitrogen and oxygen atoms in total. The van der Waals surface area contributed by atoms with Gasteiger partial charge in [-0.2, -0.15) is 0 Å². The Morgan fingerprint density at radius 2 is 1.68 bits per heavy atom. The molecule has 3 N–H and O–H groups in total. The molecule has 0 aliphatic carbocycles. The summed E-state index contributed by atoms with van der Waals surface area (Å²) in [7, 11) is -3.74. The minimum Gasteiger partial charge on any atom is -0.351 e. The van der Waals surface area contributed by atoms with Crippen molar-refractivity contribution in [3.05, 3.63) is 96.2 Å². The second-order valence-corrected chi connectivity index (χ2v) is 10.2. The Bertz CT molecular complexity index is 1380. The van der Waals surface area contributed by atoms with Crippen molar-refractivity contribution < 1.29 is 13.2 Å². The molecule has 0 aliphatic rings. The summed E-state index contributed by atoms with van der Waals surface area (Å²) in [6, 6.07) is 24.3. The smallest absolute Gasteiger partial charge is 0.238 e. The lowest BCUT2D eigenvalue weighted by Crippen LogP contribution is -2.24. The quantitative estimate of drug-likeness (QED) is 0.363. The number of rotatable bonds is 8. The molecule has 9 heteroatoms. The van der Waals surface area contributed by atoms with Crippen LogP contribution in [0.25, 0.3) is 16.9 Å². The van der Waals surface area contributed by atoms with E-state index in [9.17, 15) is 13.2 Å². The molecule has 0 aliphatic heterocycles. The van der Waals surface area contributed by atoms with Gasteiger partial charge in [0.15, 0.2) is 5.16 Å². The van der Waals surface area contributed by atoms with Crippen molar-refractivity contribution in [2.45, 2.75) is 23.5 Å². The van der Waals surface area contributed by atoms with Crippen LogP contribution in [0.2, 0.25) is 0 Å². The van der Waals surface area contributed by atoms with E-state index in [4.69, 9.17) is 5.14 Å². The third-order valence-corrected chi connectivity index (χ3v) is 7.05. The molecule has 34 heavy (non-hydrogen) atoms. The predicted octanol–water partition coefficient (Wildman–Crippen LogP) is 3.90. The fourth-order valence-electron chi connectivity index (χ4n) is 3.37. The Balaban J connectivity index is 1.47. The fraction of sp³-hybridized carbons (Fsp3) is 0.120. The molecule has 174 valence electrons. The molecule has 0 spiro atoms. The summed E-state index contributed by atoms with van der Waals surface area (Å²) in [4.78, 5) is 17.1. The van der Waals surface area contributed by atoms with Crippen LogP contribution in [0.5, 0.6) is 0 Å². The second-order valence-electron chi connectivity index (χ2n) is 7.72. The Morgan fingerprint density at radius 3 is 2.32 bits per heavy atom. The zero-order valence-electron chi connectivity index (χ0n) is 18.5. The van der Waals surface area contributed by atoms with Crippen molar-refractivity contribution in [3.8, 4) is 16.9 Å². The van der Waals surface area contributed by atoms with Crippen LogP contribution in [-0.2, 0) is 21.4 Å². The number of aryl methyl sites for hydroxylation is 1. The molecule has 4 rings (SSSR count). The van der Waals surface area contributed by atoms with Gasteiger partial charge in [0.05, 0.1) is 22.5 Å². The third kappa shape index (κ3) is 5.74. The van der Waals surface area contributed by atoms with Crippen molar-refractivity contribution in [2.75, 3.05) is 5.75 Å². The van der Waals surface area contributed by atoms with Gasteiger partial charge in [0.2, 0.25) is 15.9 Å². The van der Waals surface area contributed by atoms with Crippen LogP contribution in [0.15, 0.2) is 95.1 Å². The SMILES string of the molecule is Cc1ccc(-n2c(-c3ccccc3)cnc2SCC(=O)NCc2ccc(S(N)(=O)=O)cc2)cc1. The number of nitrogens with zero attached hydrogens (tertiary/aromatic N) is 2. The number of benzene rings is 3. The van der Waals surface area contributed by atoms with Gasteiger partial charge in [-0.05, 0) is 36.8 Å². The summed E-state index contributed by atoms with van der Waals surface area (Å²) in [5, 5.41) is 8.69. The number of nitrogens with two attached hydrogens (primary N) is 1. The van der Waals surface area contributed by atoms with Crippen molar-refractivity contribution in [2.24, 2.45) is 5.14 Å². The van der Waals surface area contributed by atoms with Gasteiger partial charge in [-0.1, -0.05) is 71.9 Å². The summed E-state index contributed by atoms with van der Waals surface area (Å²) < 4.78 is 24.8. The topological polar surface area (TPSA) is 107 Å². The number of primary sulfonamides is 1. The third-order valence-electron chi connectivity index (χ3n) is 5.17. The van der Waals surface area contributed by atoms with Crippen LogP contribution in [0, 0.1) is 6.92 Å². The van der Waals surface area contributed by atoms with E-state index in [1.165, 1.54) is 23.9 Å². The fourth-order valence-corrected chi connectivity index (χ4v) is 4.71. The van der Waals surface area contributed by atoms with E-state index in [-0.39, 0.29) is 23.1 Å². The number of carbonyl (C=O) groups is 1. The molecule has 0 bridgehead atoms. The van der Waals surface area contributed by atoms with E-state index in [1.807, 2.05) is 67.7 Å². The lowest BCUT2D eigenvalue weighted by Gasteiger charge is -2.12. The first kappa shape index (κ1) is 23.7. The van der Waals surface area contributed by atoms with Gasteiger partial charge in [0.25, 0.3) is 0 Å². The average Bonchev–Trinajstić information content (AvgIpc) is 3.26. The van der Waals surface area contributed by atoms with Crippen molar-refractivity contribution in [3.63, 3.8) is 0 Å². The summed E-state index contributed by atoms with van der Waals surface area (Å²) in [5.74, 6) is 0.0343. The molecule has 0 atom stereocenters. The zero-order valence-corrected chi connectivity index (χ0v) is 20.1. The van der Waals surface area contributed by atoms with Crippen LogP contribution in [0.3, 0.4) is 0 Å². The maximum absolute atomic E-state index is 12.5. The van der Waals surface area contributed by atoms with E-state index in [2.05, 4.69) is 14.9 Å². The Labute approximate surface area is 203 Å². The minimum absolute atomic E-state index is 0.0373. The number of hydrogen-bond acceptors (Lipinski definition) is 5. The summed E-state index contributed by atoms with van der Waals surface area (Å²) in [6.07, 6.45) is 1.82. The molecule has 4 aromatic rings. The van der Waals surface area contributed by atoms with Crippen LogP contribution >= 0.6 is 11.8 Å². The number of aromatic nitrogens is 2. The highest BCUT2D eigenvalue weighted by molar-refractivity contribution is 7.99. The average molecular weight is 493 g/mol. The number of amides is 1. The van der Waals surface area contributed by atoms with Crippen molar-refractivity contribution in [1.29, 1.82) is 0 Å². The predicted molar refractivity (Wildman–Crippen MR) is 134 cm³/mol. The molecular formula is C25H24N4O3S2. The Hall–Kier alpha value is -3.40. The summed E-state index contributed by atoms with van der Waals surface area (Å²) in [6.45, 7) is 2.32. The van der Waals surface area contributed by atoms with Gasteiger partial charge >= 0.3 is 0 Å². The van der Waals surface area contributed by atoms with E-state index >= 15 is 0 Å². The molecule has 1 heterocycles. The lowest BCUT2D eigenvalue weighted by molar-refractivity contribution is -0.118. The van der Waals surface area contributed by atoms with E-state index < -0.39 is 10.0 Å². The van der Waals surface area contributed by atoms with Gasteiger partial charge in [0.1, 0.15) is 0 Å². The first-order valence-corrected chi connectivity index (χ1v) is 13.1. The molecule has 0 saturated carbocycles. The summed E-state index contributed by atoms with van der Waals surface area (Å²) in [5.41, 5.74) is 4.89. The normalized spacial score (nSPS) is 11.4. The maximum atomic E-state index is 12.5. The van der Waals surface area contributed by atoms with Crippen molar-refractivity contribution in [1.82, 2.24) is 14.9 Å². The van der Waals surface area contributed by atoms with Crippen molar-refractivity contribution >= 4 is 27.7 Å². The van der Waals surface area contributed by atoms with E-state index in [0.717, 1.165) is 33.2 Å². The number of imidazole rings is 1. The van der Waals surface area contributed by atoms with Crippen LogP contribution in [0.4, 0.5) is 0 Å². The molecule has 1 amide bonds. The van der Waals surface area contributed by atoms with Crippen LogP contribution in [-0.4, -0.2) is 29.6 Å². The number of nitrogens with one attached hydrogen (secondary N) is 1. The van der Waals surface area contributed by atoms with Gasteiger partial charge in [0, 0.05) is 17.8 Å². The molecular weight excluding hydrogens is 468 g/mol. The number of thioether (sulfide) groups is 1. The standard InChI is InChI=1S/C25H24N4O3S2/c1-18-7-11-21(12-8-18)29-23(20-5-3-2-4-6-20)16-28-25(29)33-17-24(30)27-15-19-9-13-22(14-10-19)34(26,31)32/h2-14,16H,15,17H2,1H3,(H,27,30)(H2,26,31,32). The summed E-state index contributed by atoms with van der Waals surface area (Å²) >= 11 is 1.35. The van der Waals surface area contributed by atoms with Crippen LogP contribution in [0.1, 0.15) is 11.1 Å². The second kappa shape index (κ2) is 10.3. The Kier molecular flexibility index (Phi) is 7.16. The van der Waals surface area contributed by atoms with Gasteiger partial charge in [-0.15, -0.1) is 0 Å². The molecule has 0 saturated heterocycles. The maximum Gasteiger partial charge on any atom is 0.238 e. The highest BCUT2D eigenvalue weighted by Gasteiger charge is 2.15. The van der Waals surface area contributed by atoms with Gasteiger partial charge < -0.3 is 5.32 Å². The minimum atomic E-state index is -3.74. The molecule has 0 radical (unpaired) electrons. The molecule has 0 fully saturated rings. The first-order chi connectivity index (χ1) is 16.3. The highest BCUT2D eigenvalue weighted by atomic mass is 32.2. The molecule has 1 aromatic heterocycles. The van der Waals surface area contributed by atoms with Gasteiger partial charge in [-0.25, -0.2) is 18.5 Å². The van der Waals surface area contributed by atoms with E-state index in [1.54, 1.807) is 12.1 Å². The molecule has 0 unspecified atom stereocenters. The molecule has 3 aromatic carbocycles. The number of hydrogen-bond donors (Lipinski definition) is 2. The monoisotopic (exact) mass is 492 g/mol. The van der Waals surface area contributed by atoms with Crippen LogP contribution < -0.4 is 10.5 Å². The zero-order chi connectivity index (χ0) is 24.1. The number of carbonyl (C=O) groups excluding carboxylic acids is 1. The largest absolute Gasteiger partial charge is 0.351 e. The van der Waals surface area contributed by atoms with E-state index in [0.29, 0.717) is 0 Å². The lowest BCUT2D eigenvalue weighted by atomic mass is 10.1. The first-order valence-electron chi connectivity index (χ1n) is 10.5. The van der Waals surface area contributed by atoms with Gasteiger partial charge in [-0.3, -0.25) is 9.36 Å². The highest BCUT2D eigenvalue weighted by Crippen LogP contribution is 2.30.